The van der Waals surface area contributed by atoms with Gasteiger partial charge in [-0.05, 0) is 49.7 Å². The van der Waals surface area contributed by atoms with E-state index in [9.17, 15) is 14.4 Å². The maximum absolute atomic E-state index is 13.8. The zero-order valence-electron chi connectivity index (χ0n) is 18.4. The summed E-state index contributed by atoms with van der Waals surface area (Å²) in [6, 6.07) is 19.3. The number of nitrogens with one attached hydrogen (secondary N) is 1. The minimum Gasteiger partial charge on any atom is -0.295 e. The van der Waals surface area contributed by atoms with Crippen molar-refractivity contribution in [2.45, 2.75) is 13.8 Å². The number of H-pyrrole nitrogens is 1. The lowest BCUT2D eigenvalue weighted by atomic mass is 10.1. The standard InChI is InChI=1S/C26H19ClN4O3/c1-16-8-6-10-19(14-16)30-24(32)22(23(26(30)34)29-12-4-3-5-13-29)21-17(2)28-31(25(21)33)20-11-7-9-18(27)15-20/h3-15H,1-2H3/p+1. The van der Waals surface area contributed by atoms with Crippen LogP contribution in [0, 0.1) is 13.8 Å². The maximum Gasteiger partial charge on any atom is 0.331 e. The summed E-state index contributed by atoms with van der Waals surface area (Å²) < 4.78 is 2.89. The number of nitrogens with zero attached hydrogens (tertiary/aromatic N) is 3. The maximum atomic E-state index is 13.8. The van der Waals surface area contributed by atoms with Crippen molar-refractivity contribution in [3.05, 3.63) is 111 Å². The summed E-state index contributed by atoms with van der Waals surface area (Å²) in [7, 11) is 0. The van der Waals surface area contributed by atoms with Crippen molar-refractivity contribution in [1.82, 2.24) is 9.78 Å². The van der Waals surface area contributed by atoms with Crippen LogP contribution in [-0.4, -0.2) is 21.6 Å². The van der Waals surface area contributed by atoms with Crippen molar-refractivity contribution >= 4 is 40.4 Å². The van der Waals surface area contributed by atoms with Gasteiger partial charge in [0.2, 0.25) is 0 Å². The summed E-state index contributed by atoms with van der Waals surface area (Å²) in [4.78, 5) is 42.1. The van der Waals surface area contributed by atoms with Gasteiger partial charge in [-0.1, -0.05) is 35.9 Å². The Balaban J connectivity index is 1.75. The fourth-order valence-electron chi connectivity index (χ4n) is 4.17. The summed E-state index contributed by atoms with van der Waals surface area (Å²) in [5, 5.41) is 3.49. The van der Waals surface area contributed by atoms with Crippen LogP contribution in [0.3, 0.4) is 0 Å². The summed E-state index contributed by atoms with van der Waals surface area (Å²) in [5.74, 6) is -1.06. The number of anilines is 1. The fourth-order valence-corrected chi connectivity index (χ4v) is 4.35. The van der Waals surface area contributed by atoms with E-state index in [1.165, 1.54) is 4.68 Å². The van der Waals surface area contributed by atoms with Crippen molar-refractivity contribution in [3.8, 4) is 5.69 Å². The number of pyridine rings is 1. The van der Waals surface area contributed by atoms with E-state index in [0.29, 0.717) is 22.1 Å². The van der Waals surface area contributed by atoms with E-state index >= 15 is 0 Å². The molecule has 0 bridgehead atoms. The first-order valence-electron chi connectivity index (χ1n) is 10.6. The highest BCUT2D eigenvalue weighted by atomic mass is 35.5. The van der Waals surface area contributed by atoms with Gasteiger partial charge < -0.3 is 0 Å². The van der Waals surface area contributed by atoms with Crippen LogP contribution in [0.4, 0.5) is 5.69 Å². The van der Waals surface area contributed by atoms with Crippen LogP contribution in [0.1, 0.15) is 16.8 Å². The van der Waals surface area contributed by atoms with Crippen LogP contribution in [-0.2, 0) is 9.59 Å². The van der Waals surface area contributed by atoms with Crippen LogP contribution >= 0.6 is 11.6 Å². The van der Waals surface area contributed by atoms with Crippen LogP contribution in [0.15, 0.2) is 83.9 Å². The van der Waals surface area contributed by atoms with Crippen molar-refractivity contribution in [3.63, 3.8) is 0 Å². The van der Waals surface area contributed by atoms with Crippen molar-refractivity contribution < 1.29 is 14.2 Å². The predicted molar refractivity (Wildman–Crippen MR) is 130 cm³/mol. The molecule has 0 radical (unpaired) electrons. The third kappa shape index (κ3) is 3.47. The van der Waals surface area contributed by atoms with E-state index in [-0.39, 0.29) is 16.8 Å². The number of imide groups is 1. The number of aryl methyl sites for hydroxylation is 2. The first-order valence-corrected chi connectivity index (χ1v) is 11.0. The molecule has 168 valence electrons. The molecule has 0 saturated carbocycles. The Morgan fingerprint density at radius 2 is 1.53 bits per heavy atom. The molecule has 1 aliphatic heterocycles. The second-order valence-corrected chi connectivity index (χ2v) is 8.46. The lowest BCUT2D eigenvalue weighted by Crippen LogP contribution is -2.39. The van der Waals surface area contributed by atoms with Gasteiger partial charge in [0.15, 0.2) is 12.4 Å². The molecule has 2 aromatic heterocycles. The van der Waals surface area contributed by atoms with Crippen LogP contribution in [0.5, 0.6) is 0 Å². The van der Waals surface area contributed by atoms with E-state index in [2.05, 4.69) is 5.10 Å². The van der Waals surface area contributed by atoms with Crippen molar-refractivity contribution in [1.29, 1.82) is 0 Å². The number of benzene rings is 2. The Morgan fingerprint density at radius 3 is 2.24 bits per heavy atom. The van der Waals surface area contributed by atoms with Gasteiger partial charge in [-0.15, -0.1) is 0 Å². The van der Waals surface area contributed by atoms with E-state index in [0.717, 1.165) is 10.5 Å². The van der Waals surface area contributed by atoms with Gasteiger partial charge in [-0.3, -0.25) is 19.5 Å². The fraction of sp³-hybridized carbons (Fsp3) is 0.0769. The van der Waals surface area contributed by atoms with Gasteiger partial charge in [0, 0.05) is 22.8 Å². The molecule has 1 N–H and O–H groups in total. The number of carbonyl (C=O) groups is 2. The Hall–Kier alpha value is -4.23. The Bertz CT molecular complexity index is 1550. The lowest BCUT2D eigenvalue weighted by Gasteiger charge is -2.14. The molecule has 0 atom stereocenters. The van der Waals surface area contributed by atoms with E-state index in [4.69, 9.17) is 11.6 Å². The third-order valence-corrected chi connectivity index (χ3v) is 5.92. The molecule has 0 saturated heterocycles. The molecule has 4 aromatic rings. The second kappa shape index (κ2) is 8.28. The van der Waals surface area contributed by atoms with Gasteiger partial charge in [-0.2, -0.15) is 4.57 Å². The van der Waals surface area contributed by atoms with Crippen molar-refractivity contribution in [2.24, 2.45) is 0 Å². The number of amides is 2. The van der Waals surface area contributed by atoms with Crippen LogP contribution < -0.4 is 15.0 Å². The summed E-state index contributed by atoms with van der Waals surface area (Å²) in [5.41, 5.74) is 2.18. The van der Waals surface area contributed by atoms with E-state index in [1.807, 2.05) is 19.1 Å². The highest BCUT2D eigenvalue weighted by Crippen LogP contribution is 2.33. The molecule has 0 unspecified atom stereocenters. The molecule has 0 fully saturated rings. The van der Waals surface area contributed by atoms with E-state index < -0.39 is 17.4 Å². The number of aromatic nitrogens is 3. The third-order valence-electron chi connectivity index (χ3n) is 5.68. The zero-order chi connectivity index (χ0) is 24.0. The molecule has 34 heavy (non-hydrogen) atoms. The molecular weight excluding hydrogens is 452 g/mol. The number of hydrogen-bond donors (Lipinski definition) is 1. The average molecular weight is 472 g/mol. The highest BCUT2D eigenvalue weighted by Gasteiger charge is 2.47. The van der Waals surface area contributed by atoms with Gasteiger partial charge >= 0.3 is 5.91 Å². The quantitative estimate of drug-likeness (QED) is 0.364. The molecule has 3 heterocycles. The topological polar surface area (TPSA) is 79.1 Å². The normalized spacial score (nSPS) is 13.8. The molecule has 7 nitrogen and oxygen atoms in total. The van der Waals surface area contributed by atoms with Crippen LogP contribution in [0.2, 0.25) is 5.02 Å². The summed E-state index contributed by atoms with van der Waals surface area (Å²) in [6.45, 7) is 3.58. The molecular formula is C26H20ClN4O3+. The lowest BCUT2D eigenvalue weighted by molar-refractivity contribution is -0.576. The molecule has 8 heteroatoms. The predicted octanol–water partition coefficient (Wildman–Crippen LogP) is 3.67. The Kier molecular flexibility index (Phi) is 5.26. The highest BCUT2D eigenvalue weighted by molar-refractivity contribution is 6.53. The number of carbonyl (C=O) groups excluding carboxylic acids is 2. The summed E-state index contributed by atoms with van der Waals surface area (Å²) >= 11 is 6.12. The average Bonchev–Trinajstić information content (AvgIpc) is 3.25. The van der Waals surface area contributed by atoms with Gasteiger partial charge in [0.05, 0.1) is 16.9 Å². The molecule has 2 aromatic carbocycles. The SMILES string of the molecule is Cc1cccc(N2C(=O)C(c3c(C)[nH]n(-c4cccc(Cl)c4)c3=O)=C([n+]3ccccc3)C2=O)c1. The largest absolute Gasteiger partial charge is 0.331 e. The molecule has 1 aliphatic rings. The molecule has 5 rings (SSSR count). The minimum atomic E-state index is -0.556. The smallest absolute Gasteiger partial charge is 0.295 e. The van der Waals surface area contributed by atoms with E-state index in [1.54, 1.807) is 78.5 Å². The number of rotatable bonds is 4. The first kappa shape index (κ1) is 21.6. The molecule has 0 aliphatic carbocycles. The van der Waals surface area contributed by atoms with Gasteiger partial charge in [0.1, 0.15) is 5.57 Å². The number of hydrogen-bond acceptors (Lipinski definition) is 3. The monoisotopic (exact) mass is 471 g/mol. The Labute approximate surface area is 200 Å². The van der Waals surface area contributed by atoms with Gasteiger partial charge in [-0.25, -0.2) is 9.58 Å². The Morgan fingerprint density at radius 1 is 0.824 bits per heavy atom. The minimum absolute atomic E-state index is 0.0437. The van der Waals surface area contributed by atoms with Gasteiger partial charge in [0.25, 0.3) is 17.2 Å². The number of aromatic amines is 1. The second-order valence-electron chi connectivity index (χ2n) is 8.02. The van der Waals surface area contributed by atoms with Crippen molar-refractivity contribution in [2.75, 3.05) is 4.90 Å². The number of halogens is 1. The zero-order valence-corrected chi connectivity index (χ0v) is 19.2. The van der Waals surface area contributed by atoms with Crippen LogP contribution in [0.25, 0.3) is 17.0 Å². The molecule has 2 amide bonds. The summed E-state index contributed by atoms with van der Waals surface area (Å²) in [6.07, 6.45) is 3.36. The first-order chi connectivity index (χ1) is 16.4. The molecule has 0 spiro atoms.